The van der Waals surface area contributed by atoms with Crippen molar-refractivity contribution in [3.63, 3.8) is 0 Å². The average Bonchev–Trinajstić information content (AvgIpc) is 2.08. The molecule has 2 N–H and O–H groups in total. The summed E-state index contributed by atoms with van der Waals surface area (Å²) in [6.45, 7) is 0.665. The maximum absolute atomic E-state index is 5.73. The summed E-state index contributed by atoms with van der Waals surface area (Å²) < 4.78 is 10.5. The molecular formula is C6H16ClNO2Si. The number of rotatable bonds is 6. The highest BCUT2D eigenvalue weighted by molar-refractivity contribution is 6.74. The van der Waals surface area contributed by atoms with Gasteiger partial charge in [-0.25, -0.2) is 0 Å². The molecule has 5 heteroatoms. The Balaban J connectivity index is 3.84. The Morgan fingerprint density at radius 1 is 1.36 bits per heavy atom. The van der Waals surface area contributed by atoms with E-state index in [1.807, 2.05) is 0 Å². The van der Waals surface area contributed by atoms with Gasteiger partial charge in [-0.2, -0.15) is 0 Å². The summed E-state index contributed by atoms with van der Waals surface area (Å²) in [5, 5.41) is 0. The van der Waals surface area contributed by atoms with E-state index in [0.717, 1.165) is 12.5 Å². The van der Waals surface area contributed by atoms with E-state index in [2.05, 4.69) is 0 Å². The van der Waals surface area contributed by atoms with Gasteiger partial charge in [0.2, 0.25) is 0 Å². The van der Waals surface area contributed by atoms with Gasteiger partial charge >= 0.3 is 8.56 Å². The Kier molecular flexibility index (Phi) is 6.17. The molecule has 0 unspecified atom stereocenters. The number of nitrogens with two attached hydrogens (primary N) is 1. The molecule has 11 heavy (non-hydrogen) atoms. The predicted molar refractivity (Wildman–Crippen MR) is 49.0 cm³/mol. The lowest BCUT2D eigenvalue weighted by atomic mass is 10.5. The van der Waals surface area contributed by atoms with E-state index in [1.54, 1.807) is 14.2 Å². The van der Waals surface area contributed by atoms with Crippen molar-refractivity contribution >= 4 is 20.2 Å². The van der Waals surface area contributed by atoms with Gasteiger partial charge in [0.25, 0.3) is 0 Å². The highest BCUT2D eigenvalue weighted by Gasteiger charge is 2.33. The SMILES string of the molecule is CO[Si](CCl)(CCCN)OC. The lowest BCUT2D eigenvalue weighted by molar-refractivity contribution is 0.247. The van der Waals surface area contributed by atoms with Crippen LogP contribution in [0.3, 0.4) is 0 Å². The van der Waals surface area contributed by atoms with Crippen molar-refractivity contribution in [3.8, 4) is 0 Å². The maximum Gasteiger partial charge on any atom is 0.352 e. The van der Waals surface area contributed by atoms with Gasteiger partial charge in [0.1, 0.15) is 0 Å². The summed E-state index contributed by atoms with van der Waals surface area (Å²) in [6, 6.07) is 0.875. The standard InChI is InChI=1S/C6H16ClNO2Si/c1-9-11(6-7,10-2)5-3-4-8/h3-6,8H2,1-2H3. The van der Waals surface area contributed by atoms with Crippen LogP contribution in [-0.2, 0) is 8.85 Å². The topological polar surface area (TPSA) is 44.5 Å². The third-order valence-electron chi connectivity index (χ3n) is 1.71. The van der Waals surface area contributed by atoms with Crippen molar-refractivity contribution < 1.29 is 8.85 Å². The van der Waals surface area contributed by atoms with Crippen molar-refractivity contribution in [3.05, 3.63) is 0 Å². The van der Waals surface area contributed by atoms with E-state index in [4.69, 9.17) is 26.2 Å². The lowest BCUT2D eigenvalue weighted by Gasteiger charge is -2.24. The Labute approximate surface area is 74.1 Å². The van der Waals surface area contributed by atoms with Crippen molar-refractivity contribution in [1.82, 2.24) is 0 Å². The third kappa shape index (κ3) is 3.53. The van der Waals surface area contributed by atoms with E-state index in [1.165, 1.54) is 0 Å². The summed E-state index contributed by atoms with van der Waals surface area (Å²) in [4.78, 5) is 0. The molecule has 0 rings (SSSR count). The summed E-state index contributed by atoms with van der Waals surface area (Å²) in [5.74, 6) is 0. The maximum atomic E-state index is 5.73. The van der Waals surface area contributed by atoms with Crippen molar-refractivity contribution in [2.75, 3.05) is 26.3 Å². The molecule has 0 saturated carbocycles. The smallest absolute Gasteiger partial charge is 0.352 e. The summed E-state index contributed by atoms with van der Waals surface area (Å²) in [6.07, 6.45) is 0.917. The number of halogens is 1. The zero-order valence-corrected chi connectivity index (χ0v) is 8.86. The summed E-state index contributed by atoms with van der Waals surface area (Å²) in [5.41, 5.74) is 5.84. The molecule has 0 bridgehead atoms. The largest absolute Gasteiger partial charge is 0.397 e. The molecule has 0 aliphatic carbocycles. The van der Waals surface area contributed by atoms with E-state index >= 15 is 0 Å². The highest BCUT2D eigenvalue weighted by Crippen LogP contribution is 2.15. The Morgan fingerprint density at radius 3 is 2.18 bits per heavy atom. The molecule has 0 fully saturated rings. The van der Waals surface area contributed by atoms with Crippen molar-refractivity contribution in [2.24, 2.45) is 5.73 Å². The molecule has 0 spiro atoms. The highest BCUT2D eigenvalue weighted by atomic mass is 35.5. The van der Waals surface area contributed by atoms with Crippen molar-refractivity contribution in [1.29, 1.82) is 0 Å². The molecule has 0 radical (unpaired) electrons. The quantitative estimate of drug-likeness (QED) is 0.507. The second-order valence-electron chi connectivity index (χ2n) is 2.34. The molecule has 0 saturated heterocycles. The number of hydrogen-bond acceptors (Lipinski definition) is 3. The van der Waals surface area contributed by atoms with Gasteiger partial charge in [0.05, 0.1) is 5.50 Å². The van der Waals surface area contributed by atoms with Crippen LogP contribution in [0.4, 0.5) is 0 Å². The fourth-order valence-corrected chi connectivity index (χ4v) is 3.56. The first kappa shape index (κ1) is 11.4. The molecule has 0 aliphatic heterocycles. The Hall–Kier alpha value is 0.387. The van der Waals surface area contributed by atoms with Gasteiger partial charge < -0.3 is 14.6 Å². The fourth-order valence-electron chi connectivity index (χ4n) is 0.835. The Bertz CT molecular complexity index is 92.3. The van der Waals surface area contributed by atoms with Gasteiger partial charge in [-0.15, -0.1) is 11.6 Å². The van der Waals surface area contributed by atoms with E-state index in [-0.39, 0.29) is 0 Å². The predicted octanol–water partition coefficient (Wildman–Crippen LogP) is 0.848. The molecule has 0 aromatic heterocycles. The lowest BCUT2D eigenvalue weighted by Crippen LogP contribution is -2.43. The number of hydrogen-bond donors (Lipinski definition) is 1. The van der Waals surface area contributed by atoms with E-state index in [0.29, 0.717) is 12.0 Å². The molecule has 0 amide bonds. The van der Waals surface area contributed by atoms with Crippen LogP contribution in [0, 0.1) is 0 Å². The van der Waals surface area contributed by atoms with Gasteiger partial charge in [0.15, 0.2) is 0 Å². The van der Waals surface area contributed by atoms with Gasteiger partial charge in [-0.05, 0) is 19.0 Å². The summed E-state index contributed by atoms with van der Waals surface area (Å²) >= 11 is 5.73. The minimum absolute atomic E-state index is 0.472. The molecule has 68 valence electrons. The molecular weight excluding hydrogens is 182 g/mol. The van der Waals surface area contributed by atoms with E-state index < -0.39 is 8.56 Å². The normalized spacial score (nSPS) is 12.0. The molecule has 0 heterocycles. The monoisotopic (exact) mass is 197 g/mol. The summed E-state index contributed by atoms with van der Waals surface area (Å²) in [7, 11) is 1.24. The van der Waals surface area contributed by atoms with Crippen LogP contribution in [0.25, 0.3) is 0 Å². The zero-order chi connectivity index (χ0) is 8.74. The molecule has 0 aromatic rings. The molecule has 0 atom stereocenters. The zero-order valence-electron chi connectivity index (χ0n) is 7.10. The van der Waals surface area contributed by atoms with Crippen LogP contribution in [0.1, 0.15) is 6.42 Å². The molecule has 3 nitrogen and oxygen atoms in total. The Morgan fingerprint density at radius 2 is 1.91 bits per heavy atom. The number of alkyl halides is 1. The van der Waals surface area contributed by atoms with Gasteiger partial charge in [0, 0.05) is 14.2 Å². The first-order valence-electron chi connectivity index (χ1n) is 3.61. The first-order chi connectivity index (χ1) is 5.24. The molecule has 0 aromatic carbocycles. The van der Waals surface area contributed by atoms with Crippen LogP contribution in [0.5, 0.6) is 0 Å². The minimum atomic E-state index is -2.05. The average molecular weight is 198 g/mol. The van der Waals surface area contributed by atoms with Crippen LogP contribution in [0.2, 0.25) is 6.04 Å². The van der Waals surface area contributed by atoms with Crippen LogP contribution < -0.4 is 5.73 Å². The first-order valence-corrected chi connectivity index (χ1v) is 6.37. The van der Waals surface area contributed by atoms with Gasteiger partial charge in [-0.1, -0.05) is 0 Å². The van der Waals surface area contributed by atoms with E-state index in [9.17, 15) is 0 Å². The second-order valence-corrected chi connectivity index (χ2v) is 6.55. The van der Waals surface area contributed by atoms with Crippen molar-refractivity contribution in [2.45, 2.75) is 12.5 Å². The minimum Gasteiger partial charge on any atom is -0.397 e. The van der Waals surface area contributed by atoms with Crippen LogP contribution in [0.15, 0.2) is 0 Å². The van der Waals surface area contributed by atoms with Gasteiger partial charge in [-0.3, -0.25) is 0 Å². The van der Waals surface area contributed by atoms with Crippen LogP contribution in [-0.4, -0.2) is 34.8 Å². The molecule has 0 aliphatic rings. The van der Waals surface area contributed by atoms with Crippen LogP contribution >= 0.6 is 11.6 Å². The second kappa shape index (κ2) is 5.96. The fraction of sp³-hybridized carbons (Fsp3) is 1.00. The third-order valence-corrected chi connectivity index (χ3v) is 5.94.